The molecule has 100 valence electrons. The maximum atomic E-state index is 11.7. The molecule has 2 rings (SSSR count). The lowest BCUT2D eigenvalue weighted by Crippen LogP contribution is -2.14. The topological polar surface area (TPSA) is 70.8 Å². The third-order valence-corrected chi connectivity index (χ3v) is 2.83. The Hall–Kier alpha value is -2.14. The number of fused-ring (bicyclic) bond motifs is 1. The molecule has 0 saturated carbocycles. The summed E-state index contributed by atoms with van der Waals surface area (Å²) in [5, 5.41) is 10.5. The summed E-state index contributed by atoms with van der Waals surface area (Å²) in [5.41, 5.74) is 0.206. The molecule has 0 spiro atoms. The Kier molecular flexibility index (Phi) is 3.40. The number of hydrogen-bond acceptors (Lipinski definition) is 5. The average molecular weight is 261 g/mol. The van der Waals surface area contributed by atoms with E-state index < -0.39 is 5.63 Å². The summed E-state index contributed by atoms with van der Waals surface area (Å²) < 4.78 is 5.20. The molecule has 0 fully saturated rings. The van der Waals surface area contributed by atoms with Gasteiger partial charge in [0, 0.05) is 11.9 Å². The van der Waals surface area contributed by atoms with Crippen LogP contribution in [0.5, 0.6) is 5.75 Å². The summed E-state index contributed by atoms with van der Waals surface area (Å²) in [6, 6.07) is 4.66. The third-order valence-electron chi connectivity index (χ3n) is 2.83. The minimum Gasteiger partial charge on any atom is -0.507 e. The van der Waals surface area contributed by atoms with Gasteiger partial charge < -0.3 is 14.4 Å². The van der Waals surface area contributed by atoms with Crippen molar-refractivity contribution in [1.29, 1.82) is 0 Å². The molecule has 5 nitrogen and oxygen atoms in total. The Morgan fingerprint density at radius 3 is 2.63 bits per heavy atom. The normalized spacial score (nSPS) is 11.2. The summed E-state index contributed by atoms with van der Waals surface area (Å²) in [5.74, 6) is -0.266. The molecule has 2 aromatic rings. The molecule has 0 saturated heterocycles. The number of rotatable bonds is 3. The number of Topliss-reactive ketones (excluding diaryl/α,β-unsaturated/α-hetero) is 1. The molecule has 1 N–H and O–H groups in total. The number of phenolic OH excluding ortho intramolecular Hbond substituents is 1. The van der Waals surface area contributed by atoms with Crippen LogP contribution in [-0.4, -0.2) is 29.9 Å². The Bertz CT molecular complexity index is 700. The molecule has 1 aromatic heterocycles. The van der Waals surface area contributed by atoms with Gasteiger partial charge in [0.25, 0.3) is 0 Å². The maximum Gasteiger partial charge on any atom is 0.347 e. The van der Waals surface area contributed by atoms with Crippen LogP contribution in [0.4, 0.5) is 0 Å². The highest BCUT2D eigenvalue weighted by Gasteiger charge is 2.15. The monoisotopic (exact) mass is 261 g/mol. The molecular formula is C14H15NO4. The Morgan fingerprint density at radius 1 is 1.37 bits per heavy atom. The Balaban J connectivity index is 2.76. The first-order valence-corrected chi connectivity index (χ1v) is 5.84. The van der Waals surface area contributed by atoms with E-state index in [1.165, 1.54) is 19.1 Å². The molecule has 0 amide bonds. The van der Waals surface area contributed by atoms with E-state index >= 15 is 0 Å². The SMILES string of the molecule is CC(=O)c1cc2ccc(O)c(CN(C)C)c2oc1=O. The van der Waals surface area contributed by atoms with E-state index in [4.69, 9.17) is 4.42 Å². The average Bonchev–Trinajstić information content (AvgIpc) is 2.32. The third kappa shape index (κ3) is 2.51. The van der Waals surface area contributed by atoms with Crippen LogP contribution in [0.25, 0.3) is 11.0 Å². The van der Waals surface area contributed by atoms with Gasteiger partial charge in [0.2, 0.25) is 0 Å². The van der Waals surface area contributed by atoms with Crippen molar-refractivity contribution in [3.8, 4) is 5.75 Å². The number of benzene rings is 1. The fourth-order valence-electron chi connectivity index (χ4n) is 1.95. The number of carbonyl (C=O) groups excluding carboxylic acids is 1. The predicted octanol–water partition coefficient (Wildman–Crippen LogP) is 1.76. The van der Waals surface area contributed by atoms with Gasteiger partial charge in [0.15, 0.2) is 5.78 Å². The van der Waals surface area contributed by atoms with Gasteiger partial charge in [-0.15, -0.1) is 0 Å². The fourth-order valence-corrected chi connectivity index (χ4v) is 1.95. The van der Waals surface area contributed by atoms with Crippen LogP contribution >= 0.6 is 0 Å². The minimum absolute atomic E-state index is 0.0222. The molecule has 5 heteroatoms. The van der Waals surface area contributed by atoms with Crippen LogP contribution < -0.4 is 5.63 Å². The molecule has 0 aliphatic carbocycles. The smallest absolute Gasteiger partial charge is 0.347 e. The molecule has 0 radical (unpaired) electrons. The number of carbonyl (C=O) groups is 1. The van der Waals surface area contributed by atoms with Crippen molar-refractivity contribution in [3.05, 3.63) is 39.7 Å². The van der Waals surface area contributed by atoms with Gasteiger partial charge in [0.1, 0.15) is 16.9 Å². The standard InChI is InChI=1S/C14H15NO4/c1-8(16)10-6-9-4-5-12(17)11(7-15(2)3)13(9)19-14(10)18/h4-6,17H,7H2,1-3H3. The lowest BCUT2D eigenvalue weighted by atomic mass is 10.1. The number of ketones is 1. The summed E-state index contributed by atoms with van der Waals surface area (Å²) in [7, 11) is 3.70. The maximum absolute atomic E-state index is 11.7. The van der Waals surface area contributed by atoms with Crippen LogP contribution in [0.15, 0.2) is 27.4 Å². The second kappa shape index (κ2) is 4.85. The quantitative estimate of drug-likeness (QED) is 0.673. The number of nitrogens with zero attached hydrogens (tertiary/aromatic N) is 1. The van der Waals surface area contributed by atoms with Crippen LogP contribution in [0, 0.1) is 0 Å². The Morgan fingerprint density at radius 2 is 2.05 bits per heavy atom. The highest BCUT2D eigenvalue weighted by atomic mass is 16.4. The van der Waals surface area contributed by atoms with E-state index in [0.717, 1.165) is 0 Å². The van der Waals surface area contributed by atoms with Crippen LogP contribution in [0.3, 0.4) is 0 Å². The lowest BCUT2D eigenvalue weighted by Gasteiger charge is -2.13. The van der Waals surface area contributed by atoms with Crippen molar-refractivity contribution < 1.29 is 14.3 Å². The molecule has 0 aliphatic heterocycles. The largest absolute Gasteiger partial charge is 0.507 e. The van der Waals surface area contributed by atoms with E-state index in [9.17, 15) is 14.7 Å². The molecule has 19 heavy (non-hydrogen) atoms. The molecule has 0 unspecified atom stereocenters. The Labute approximate surface area is 110 Å². The summed E-state index contributed by atoms with van der Waals surface area (Å²) >= 11 is 0. The predicted molar refractivity (Wildman–Crippen MR) is 71.5 cm³/mol. The van der Waals surface area contributed by atoms with Crippen molar-refractivity contribution in [2.45, 2.75) is 13.5 Å². The van der Waals surface area contributed by atoms with Crippen molar-refractivity contribution >= 4 is 16.8 Å². The van der Waals surface area contributed by atoms with Gasteiger partial charge in [-0.3, -0.25) is 4.79 Å². The number of phenols is 1. The van der Waals surface area contributed by atoms with E-state index in [2.05, 4.69) is 0 Å². The van der Waals surface area contributed by atoms with Gasteiger partial charge in [-0.2, -0.15) is 0 Å². The highest BCUT2D eigenvalue weighted by Crippen LogP contribution is 2.27. The van der Waals surface area contributed by atoms with Crippen molar-refractivity contribution in [1.82, 2.24) is 4.90 Å². The van der Waals surface area contributed by atoms with Gasteiger partial charge in [-0.1, -0.05) is 0 Å². The van der Waals surface area contributed by atoms with E-state index in [-0.39, 0.29) is 17.1 Å². The first-order chi connectivity index (χ1) is 8.90. The zero-order chi connectivity index (χ0) is 14.2. The second-order valence-electron chi connectivity index (χ2n) is 4.72. The van der Waals surface area contributed by atoms with E-state index in [0.29, 0.717) is 23.1 Å². The number of aromatic hydroxyl groups is 1. The molecule has 0 atom stereocenters. The van der Waals surface area contributed by atoms with Crippen molar-refractivity contribution in [3.63, 3.8) is 0 Å². The van der Waals surface area contributed by atoms with Gasteiger partial charge >= 0.3 is 5.63 Å². The minimum atomic E-state index is -0.675. The zero-order valence-electron chi connectivity index (χ0n) is 11.1. The van der Waals surface area contributed by atoms with Gasteiger partial charge in [0.05, 0.1) is 5.56 Å². The van der Waals surface area contributed by atoms with Gasteiger partial charge in [-0.25, -0.2) is 4.79 Å². The first-order valence-electron chi connectivity index (χ1n) is 5.84. The van der Waals surface area contributed by atoms with Crippen LogP contribution in [-0.2, 0) is 6.54 Å². The fraction of sp³-hybridized carbons (Fsp3) is 0.286. The van der Waals surface area contributed by atoms with Crippen molar-refractivity contribution in [2.24, 2.45) is 0 Å². The van der Waals surface area contributed by atoms with E-state index in [1.54, 1.807) is 6.07 Å². The molecule has 0 aliphatic rings. The molecule has 0 bridgehead atoms. The van der Waals surface area contributed by atoms with E-state index in [1.807, 2.05) is 19.0 Å². The molecule has 1 heterocycles. The second-order valence-corrected chi connectivity index (χ2v) is 4.72. The molecule has 1 aromatic carbocycles. The first kappa shape index (κ1) is 13.3. The van der Waals surface area contributed by atoms with Crippen LogP contribution in [0.2, 0.25) is 0 Å². The zero-order valence-corrected chi connectivity index (χ0v) is 11.1. The number of hydrogen-bond donors (Lipinski definition) is 1. The van der Waals surface area contributed by atoms with Crippen LogP contribution in [0.1, 0.15) is 22.8 Å². The van der Waals surface area contributed by atoms with Crippen molar-refractivity contribution in [2.75, 3.05) is 14.1 Å². The summed E-state index contributed by atoms with van der Waals surface area (Å²) in [6.07, 6.45) is 0. The summed E-state index contributed by atoms with van der Waals surface area (Å²) in [6.45, 7) is 1.75. The highest BCUT2D eigenvalue weighted by molar-refractivity contribution is 5.97. The summed E-state index contributed by atoms with van der Waals surface area (Å²) in [4.78, 5) is 24.9. The molecular weight excluding hydrogens is 246 g/mol. The lowest BCUT2D eigenvalue weighted by molar-refractivity contribution is 0.101. The van der Waals surface area contributed by atoms with Gasteiger partial charge in [-0.05, 0) is 39.2 Å².